The summed E-state index contributed by atoms with van der Waals surface area (Å²) in [5, 5.41) is 3.70. The van der Waals surface area contributed by atoms with Crippen LogP contribution in [-0.4, -0.2) is 12.6 Å². The fourth-order valence-electron chi connectivity index (χ4n) is 3.33. The minimum Gasteiger partial charge on any atom is -0.313 e. The van der Waals surface area contributed by atoms with Gasteiger partial charge in [0.15, 0.2) is 0 Å². The second-order valence-electron chi connectivity index (χ2n) is 6.31. The van der Waals surface area contributed by atoms with Gasteiger partial charge in [-0.15, -0.1) is 0 Å². The lowest BCUT2D eigenvalue weighted by Crippen LogP contribution is -2.44. The standard InChI is InChI=1S/C17H25BrFN/c1-3-10-20-16(17(2)8-4-5-9-17)12-13-11-14(19)6-7-15(13)18/h6-7,11,16,20H,3-5,8-10,12H2,1-2H3. The monoisotopic (exact) mass is 341 g/mol. The highest BCUT2D eigenvalue weighted by atomic mass is 79.9. The summed E-state index contributed by atoms with van der Waals surface area (Å²) in [5.41, 5.74) is 1.42. The summed E-state index contributed by atoms with van der Waals surface area (Å²) in [4.78, 5) is 0. The molecule has 0 aromatic heterocycles. The van der Waals surface area contributed by atoms with E-state index in [2.05, 4.69) is 35.1 Å². The number of hydrogen-bond acceptors (Lipinski definition) is 1. The zero-order valence-corrected chi connectivity index (χ0v) is 14.1. The first kappa shape index (κ1) is 16.0. The van der Waals surface area contributed by atoms with Crippen molar-refractivity contribution < 1.29 is 4.39 Å². The summed E-state index contributed by atoms with van der Waals surface area (Å²) < 4.78 is 14.5. The van der Waals surface area contributed by atoms with Gasteiger partial charge >= 0.3 is 0 Å². The molecule has 0 radical (unpaired) electrons. The molecule has 0 aliphatic heterocycles. The topological polar surface area (TPSA) is 12.0 Å². The van der Waals surface area contributed by atoms with E-state index < -0.39 is 0 Å². The molecule has 20 heavy (non-hydrogen) atoms. The van der Waals surface area contributed by atoms with Gasteiger partial charge in [0, 0.05) is 10.5 Å². The van der Waals surface area contributed by atoms with Gasteiger partial charge in [-0.05, 0) is 61.4 Å². The van der Waals surface area contributed by atoms with Crippen LogP contribution in [0.5, 0.6) is 0 Å². The summed E-state index contributed by atoms with van der Waals surface area (Å²) in [7, 11) is 0. The second-order valence-corrected chi connectivity index (χ2v) is 7.16. The van der Waals surface area contributed by atoms with Gasteiger partial charge in [-0.2, -0.15) is 0 Å². The van der Waals surface area contributed by atoms with E-state index in [1.807, 2.05) is 6.07 Å². The summed E-state index contributed by atoms with van der Waals surface area (Å²) in [6.07, 6.45) is 7.24. The Labute approximate surface area is 130 Å². The van der Waals surface area contributed by atoms with Gasteiger partial charge in [0.2, 0.25) is 0 Å². The molecule has 0 saturated heterocycles. The van der Waals surface area contributed by atoms with Crippen molar-refractivity contribution in [3.8, 4) is 0 Å². The molecule has 1 aromatic rings. The van der Waals surface area contributed by atoms with Crippen LogP contribution >= 0.6 is 15.9 Å². The zero-order chi connectivity index (χ0) is 14.6. The maximum atomic E-state index is 13.5. The third-order valence-corrected chi connectivity index (χ3v) is 5.43. The van der Waals surface area contributed by atoms with Crippen molar-refractivity contribution in [2.24, 2.45) is 5.41 Å². The molecular weight excluding hydrogens is 317 g/mol. The number of rotatable bonds is 6. The van der Waals surface area contributed by atoms with Crippen LogP contribution in [0.25, 0.3) is 0 Å². The second kappa shape index (κ2) is 7.04. The van der Waals surface area contributed by atoms with E-state index in [4.69, 9.17) is 0 Å². The lowest BCUT2D eigenvalue weighted by molar-refractivity contribution is 0.219. The van der Waals surface area contributed by atoms with Crippen molar-refractivity contribution in [2.75, 3.05) is 6.54 Å². The van der Waals surface area contributed by atoms with E-state index in [0.29, 0.717) is 11.5 Å². The van der Waals surface area contributed by atoms with E-state index in [0.717, 1.165) is 29.4 Å². The number of benzene rings is 1. The lowest BCUT2D eigenvalue weighted by atomic mass is 9.77. The highest BCUT2D eigenvalue weighted by Gasteiger charge is 2.36. The molecule has 0 amide bonds. The minimum atomic E-state index is -0.144. The summed E-state index contributed by atoms with van der Waals surface area (Å²) in [6.45, 7) is 5.62. The average molecular weight is 342 g/mol. The Morgan fingerprint density at radius 1 is 1.35 bits per heavy atom. The Balaban J connectivity index is 2.16. The molecule has 0 bridgehead atoms. The molecule has 1 nitrogen and oxygen atoms in total. The van der Waals surface area contributed by atoms with Crippen LogP contribution in [0.2, 0.25) is 0 Å². The molecule has 2 rings (SSSR count). The Bertz CT molecular complexity index is 441. The molecule has 1 aliphatic carbocycles. The van der Waals surface area contributed by atoms with E-state index in [9.17, 15) is 4.39 Å². The van der Waals surface area contributed by atoms with Gasteiger partial charge in [-0.25, -0.2) is 4.39 Å². The molecule has 112 valence electrons. The maximum Gasteiger partial charge on any atom is 0.123 e. The van der Waals surface area contributed by atoms with Crippen LogP contribution in [0.15, 0.2) is 22.7 Å². The van der Waals surface area contributed by atoms with Crippen molar-refractivity contribution >= 4 is 15.9 Å². The van der Waals surface area contributed by atoms with E-state index >= 15 is 0 Å². The first-order chi connectivity index (χ1) is 9.55. The van der Waals surface area contributed by atoms with Crippen molar-refractivity contribution in [1.82, 2.24) is 5.32 Å². The molecule has 0 spiro atoms. The molecule has 1 aliphatic rings. The molecule has 0 heterocycles. The SMILES string of the molecule is CCCNC(Cc1cc(F)ccc1Br)C1(C)CCCC1. The summed E-state index contributed by atoms with van der Waals surface area (Å²) in [5.74, 6) is -0.144. The maximum absolute atomic E-state index is 13.5. The van der Waals surface area contributed by atoms with Crippen molar-refractivity contribution in [3.63, 3.8) is 0 Å². The van der Waals surface area contributed by atoms with E-state index in [-0.39, 0.29) is 5.82 Å². The van der Waals surface area contributed by atoms with Crippen LogP contribution in [0.3, 0.4) is 0 Å². The number of hydrogen-bond donors (Lipinski definition) is 1. The molecule has 1 saturated carbocycles. The Hall–Kier alpha value is -0.410. The smallest absolute Gasteiger partial charge is 0.123 e. The van der Waals surface area contributed by atoms with E-state index in [1.165, 1.54) is 31.7 Å². The molecule has 1 fully saturated rings. The van der Waals surface area contributed by atoms with Gasteiger partial charge in [0.1, 0.15) is 5.82 Å². The molecule has 1 N–H and O–H groups in total. The Morgan fingerprint density at radius 3 is 2.70 bits per heavy atom. The minimum absolute atomic E-state index is 0.144. The quantitative estimate of drug-likeness (QED) is 0.760. The third kappa shape index (κ3) is 3.82. The highest BCUT2D eigenvalue weighted by molar-refractivity contribution is 9.10. The largest absolute Gasteiger partial charge is 0.313 e. The first-order valence-corrected chi connectivity index (χ1v) is 8.52. The van der Waals surface area contributed by atoms with Crippen LogP contribution < -0.4 is 5.32 Å². The van der Waals surface area contributed by atoms with Gasteiger partial charge in [-0.3, -0.25) is 0 Å². The van der Waals surface area contributed by atoms with Crippen LogP contribution in [0.4, 0.5) is 4.39 Å². The predicted octanol–water partition coefficient (Wildman–Crippen LogP) is 5.08. The van der Waals surface area contributed by atoms with Crippen LogP contribution in [-0.2, 0) is 6.42 Å². The average Bonchev–Trinajstić information content (AvgIpc) is 2.86. The van der Waals surface area contributed by atoms with Gasteiger partial charge in [-0.1, -0.05) is 42.6 Å². The molecule has 3 heteroatoms. The Morgan fingerprint density at radius 2 is 2.05 bits per heavy atom. The van der Waals surface area contributed by atoms with Crippen molar-refractivity contribution in [1.29, 1.82) is 0 Å². The van der Waals surface area contributed by atoms with Crippen LogP contribution in [0, 0.1) is 11.2 Å². The number of halogens is 2. The van der Waals surface area contributed by atoms with Crippen LogP contribution in [0.1, 0.15) is 51.5 Å². The molecule has 1 unspecified atom stereocenters. The third-order valence-electron chi connectivity index (χ3n) is 4.66. The molecule has 1 aromatic carbocycles. The molecular formula is C17H25BrFN. The highest BCUT2D eigenvalue weighted by Crippen LogP contribution is 2.42. The van der Waals surface area contributed by atoms with Gasteiger partial charge in [0.25, 0.3) is 0 Å². The molecule has 1 atom stereocenters. The van der Waals surface area contributed by atoms with E-state index in [1.54, 1.807) is 6.07 Å². The normalized spacial score (nSPS) is 19.2. The first-order valence-electron chi connectivity index (χ1n) is 7.72. The lowest BCUT2D eigenvalue weighted by Gasteiger charge is -2.35. The fourth-order valence-corrected chi connectivity index (χ4v) is 3.74. The fraction of sp³-hybridized carbons (Fsp3) is 0.647. The van der Waals surface area contributed by atoms with Crippen molar-refractivity contribution in [3.05, 3.63) is 34.1 Å². The zero-order valence-electron chi connectivity index (χ0n) is 12.5. The Kier molecular flexibility index (Phi) is 5.62. The van der Waals surface area contributed by atoms with Crippen molar-refractivity contribution in [2.45, 2.75) is 58.4 Å². The van der Waals surface area contributed by atoms with Gasteiger partial charge in [0.05, 0.1) is 0 Å². The summed E-state index contributed by atoms with van der Waals surface area (Å²) >= 11 is 3.56. The number of nitrogens with one attached hydrogen (secondary N) is 1. The van der Waals surface area contributed by atoms with Gasteiger partial charge < -0.3 is 5.32 Å². The predicted molar refractivity (Wildman–Crippen MR) is 86.5 cm³/mol. The summed E-state index contributed by atoms with van der Waals surface area (Å²) in [6, 6.07) is 5.43.